The van der Waals surface area contributed by atoms with Crippen LogP contribution < -0.4 is 0 Å². The molecule has 20 heavy (non-hydrogen) atoms. The number of carbonyl (C=O) groups is 1. The predicted octanol–water partition coefficient (Wildman–Crippen LogP) is 4.07. The third-order valence-corrected chi connectivity index (χ3v) is 3.12. The lowest BCUT2D eigenvalue weighted by Crippen LogP contribution is -2.02. The first-order valence-electron chi connectivity index (χ1n) is 6.26. The Morgan fingerprint density at radius 2 is 1.85 bits per heavy atom. The summed E-state index contributed by atoms with van der Waals surface area (Å²) in [6.45, 7) is 3.73. The molecule has 2 rings (SSSR count). The summed E-state index contributed by atoms with van der Waals surface area (Å²) in [6, 6.07) is 11.7. The molecule has 0 amide bonds. The number of aliphatic carboxylic acids is 1. The Balaban J connectivity index is 2.61. The summed E-state index contributed by atoms with van der Waals surface area (Å²) < 4.78 is 13.7. The van der Waals surface area contributed by atoms with Gasteiger partial charge in [0.05, 0.1) is 5.57 Å². The number of hydrogen-bond donors (Lipinski definition) is 1. The Labute approximate surface area is 117 Å². The highest BCUT2D eigenvalue weighted by Crippen LogP contribution is 2.24. The van der Waals surface area contributed by atoms with Crippen LogP contribution in [0.25, 0.3) is 11.6 Å². The zero-order valence-electron chi connectivity index (χ0n) is 11.4. The Morgan fingerprint density at radius 1 is 1.15 bits per heavy atom. The Bertz CT molecular complexity index is 687. The lowest BCUT2D eigenvalue weighted by Gasteiger charge is -2.08. The van der Waals surface area contributed by atoms with Crippen LogP contribution in [0.15, 0.2) is 42.5 Å². The number of rotatable bonds is 3. The minimum absolute atomic E-state index is 0.0938. The third kappa shape index (κ3) is 2.94. The molecule has 2 aromatic rings. The van der Waals surface area contributed by atoms with Crippen LogP contribution in [-0.4, -0.2) is 11.1 Å². The summed E-state index contributed by atoms with van der Waals surface area (Å²) in [6.07, 6.45) is 1.37. The van der Waals surface area contributed by atoms with Crippen LogP contribution >= 0.6 is 0 Å². The maximum Gasteiger partial charge on any atom is 0.336 e. The van der Waals surface area contributed by atoms with Crippen LogP contribution in [0, 0.1) is 19.7 Å². The molecule has 1 N–H and O–H groups in total. The first kappa shape index (κ1) is 14.0. The molecule has 0 aliphatic rings. The second-order valence-corrected chi connectivity index (χ2v) is 4.70. The van der Waals surface area contributed by atoms with Crippen molar-refractivity contribution < 1.29 is 14.3 Å². The molecule has 0 saturated heterocycles. The molecule has 3 heteroatoms. The number of aryl methyl sites for hydroxylation is 2. The second kappa shape index (κ2) is 5.70. The number of hydrogen-bond acceptors (Lipinski definition) is 1. The molecule has 0 atom stereocenters. The van der Waals surface area contributed by atoms with E-state index in [-0.39, 0.29) is 11.1 Å². The standard InChI is InChI=1S/C17H15FO2/c1-11-7-8-12(2)14(9-11)15(17(19)20)10-13-5-3-4-6-16(13)18/h3-10H,1-2H3,(H,19,20)/b15-10-. The van der Waals surface area contributed by atoms with Gasteiger partial charge in [0, 0.05) is 5.56 Å². The van der Waals surface area contributed by atoms with Crippen LogP contribution in [0.5, 0.6) is 0 Å². The van der Waals surface area contributed by atoms with Crippen molar-refractivity contribution in [2.75, 3.05) is 0 Å². The molecular weight excluding hydrogens is 255 g/mol. The van der Waals surface area contributed by atoms with Crippen molar-refractivity contribution in [3.05, 3.63) is 70.5 Å². The summed E-state index contributed by atoms with van der Waals surface area (Å²) >= 11 is 0. The monoisotopic (exact) mass is 270 g/mol. The quantitative estimate of drug-likeness (QED) is 0.674. The van der Waals surface area contributed by atoms with Crippen molar-refractivity contribution in [1.29, 1.82) is 0 Å². The largest absolute Gasteiger partial charge is 0.478 e. The Morgan fingerprint density at radius 3 is 2.50 bits per heavy atom. The molecule has 2 nitrogen and oxygen atoms in total. The van der Waals surface area contributed by atoms with Crippen LogP contribution in [0.2, 0.25) is 0 Å². The van der Waals surface area contributed by atoms with Gasteiger partial charge in [-0.1, -0.05) is 42.0 Å². The van der Waals surface area contributed by atoms with Crippen molar-refractivity contribution in [1.82, 2.24) is 0 Å². The summed E-state index contributed by atoms with van der Waals surface area (Å²) in [5.74, 6) is -1.50. The molecule has 0 aliphatic heterocycles. The van der Waals surface area contributed by atoms with Crippen LogP contribution in [0.4, 0.5) is 4.39 Å². The summed E-state index contributed by atoms with van der Waals surface area (Å²) in [5, 5.41) is 9.40. The molecule has 0 aliphatic carbocycles. The van der Waals surface area contributed by atoms with Crippen molar-refractivity contribution in [3.63, 3.8) is 0 Å². The molecule has 0 aromatic heterocycles. The first-order chi connectivity index (χ1) is 9.49. The van der Waals surface area contributed by atoms with Gasteiger partial charge in [0.2, 0.25) is 0 Å². The van der Waals surface area contributed by atoms with Gasteiger partial charge in [0.15, 0.2) is 0 Å². The molecule has 0 saturated carbocycles. The van der Waals surface area contributed by atoms with Gasteiger partial charge in [-0.3, -0.25) is 0 Å². The number of benzene rings is 2. The second-order valence-electron chi connectivity index (χ2n) is 4.70. The van der Waals surface area contributed by atoms with E-state index in [1.807, 2.05) is 26.0 Å². The maximum atomic E-state index is 13.7. The molecule has 0 spiro atoms. The number of carboxylic acids is 1. The SMILES string of the molecule is Cc1ccc(C)c(/C(=C/c2ccccc2F)C(=O)O)c1. The minimum atomic E-state index is -1.07. The van der Waals surface area contributed by atoms with Gasteiger partial charge in [0.1, 0.15) is 5.82 Å². The summed E-state index contributed by atoms with van der Waals surface area (Å²) in [5.41, 5.74) is 2.79. The highest BCUT2D eigenvalue weighted by atomic mass is 19.1. The molecule has 0 fully saturated rings. The average Bonchev–Trinajstić information content (AvgIpc) is 2.40. The highest BCUT2D eigenvalue weighted by Gasteiger charge is 2.14. The van der Waals surface area contributed by atoms with Gasteiger partial charge in [-0.2, -0.15) is 0 Å². The van der Waals surface area contributed by atoms with Gasteiger partial charge in [-0.25, -0.2) is 9.18 Å². The smallest absolute Gasteiger partial charge is 0.336 e. The molecule has 0 radical (unpaired) electrons. The van der Waals surface area contributed by atoms with Crippen molar-refractivity contribution in [3.8, 4) is 0 Å². The van der Waals surface area contributed by atoms with E-state index in [0.717, 1.165) is 11.1 Å². The lowest BCUT2D eigenvalue weighted by molar-refractivity contribution is -0.130. The fraction of sp³-hybridized carbons (Fsp3) is 0.118. The topological polar surface area (TPSA) is 37.3 Å². The fourth-order valence-electron chi connectivity index (χ4n) is 2.03. The molecular formula is C17H15FO2. The molecule has 0 heterocycles. The number of halogens is 1. The number of carboxylic acid groups (broad SMARTS) is 1. The zero-order valence-corrected chi connectivity index (χ0v) is 11.4. The molecule has 0 unspecified atom stereocenters. The van der Waals surface area contributed by atoms with E-state index in [0.29, 0.717) is 5.56 Å². The van der Waals surface area contributed by atoms with Gasteiger partial charge >= 0.3 is 5.97 Å². The van der Waals surface area contributed by atoms with Crippen LogP contribution in [0.3, 0.4) is 0 Å². The van der Waals surface area contributed by atoms with E-state index in [1.165, 1.54) is 12.1 Å². The Kier molecular flexibility index (Phi) is 3.99. The molecule has 102 valence electrons. The highest BCUT2D eigenvalue weighted by molar-refractivity contribution is 6.21. The minimum Gasteiger partial charge on any atom is -0.478 e. The van der Waals surface area contributed by atoms with E-state index in [2.05, 4.69) is 0 Å². The van der Waals surface area contributed by atoms with E-state index < -0.39 is 11.8 Å². The van der Waals surface area contributed by atoms with E-state index in [4.69, 9.17) is 0 Å². The molecule has 2 aromatic carbocycles. The van der Waals surface area contributed by atoms with E-state index in [1.54, 1.807) is 24.3 Å². The van der Waals surface area contributed by atoms with Gasteiger partial charge in [0.25, 0.3) is 0 Å². The van der Waals surface area contributed by atoms with Crippen molar-refractivity contribution in [2.45, 2.75) is 13.8 Å². The fourth-order valence-corrected chi connectivity index (χ4v) is 2.03. The van der Waals surface area contributed by atoms with Crippen molar-refractivity contribution in [2.24, 2.45) is 0 Å². The summed E-state index contributed by atoms with van der Waals surface area (Å²) in [4.78, 5) is 11.5. The molecule has 0 bridgehead atoms. The zero-order chi connectivity index (χ0) is 14.7. The van der Waals surface area contributed by atoms with E-state index in [9.17, 15) is 14.3 Å². The third-order valence-electron chi connectivity index (χ3n) is 3.12. The first-order valence-corrected chi connectivity index (χ1v) is 6.26. The Hall–Kier alpha value is -2.42. The lowest BCUT2D eigenvalue weighted by atomic mass is 9.96. The predicted molar refractivity (Wildman–Crippen MR) is 77.8 cm³/mol. The van der Waals surface area contributed by atoms with Crippen LogP contribution in [-0.2, 0) is 4.79 Å². The van der Waals surface area contributed by atoms with Gasteiger partial charge in [-0.15, -0.1) is 0 Å². The summed E-state index contributed by atoms with van der Waals surface area (Å²) in [7, 11) is 0. The van der Waals surface area contributed by atoms with Crippen LogP contribution in [0.1, 0.15) is 22.3 Å². The van der Waals surface area contributed by atoms with Crippen molar-refractivity contribution >= 4 is 17.6 Å². The normalized spacial score (nSPS) is 11.4. The van der Waals surface area contributed by atoms with E-state index >= 15 is 0 Å². The average molecular weight is 270 g/mol. The maximum absolute atomic E-state index is 13.7. The van der Waals surface area contributed by atoms with Gasteiger partial charge < -0.3 is 5.11 Å². The van der Waals surface area contributed by atoms with Gasteiger partial charge in [-0.05, 0) is 37.1 Å².